The summed E-state index contributed by atoms with van der Waals surface area (Å²) in [6, 6.07) is 7.66. The van der Waals surface area contributed by atoms with Crippen molar-refractivity contribution < 1.29 is 14.3 Å². The lowest BCUT2D eigenvalue weighted by atomic mass is 9.84. The van der Waals surface area contributed by atoms with Gasteiger partial charge in [-0.1, -0.05) is 18.2 Å². The normalized spacial score (nSPS) is 13.5. The summed E-state index contributed by atoms with van der Waals surface area (Å²) >= 11 is 0. The van der Waals surface area contributed by atoms with Gasteiger partial charge in [-0.2, -0.15) is 0 Å². The van der Waals surface area contributed by atoms with Gasteiger partial charge in [-0.25, -0.2) is 0 Å². The van der Waals surface area contributed by atoms with Crippen molar-refractivity contribution in [2.45, 2.75) is 20.3 Å². The topological polar surface area (TPSA) is 35.5 Å². The number of carbonyl (C=O) groups excluding carboxylic acids is 1. The van der Waals surface area contributed by atoms with E-state index in [2.05, 4.69) is 6.58 Å². The van der Waals surface area contributed by atoms with E-state index in [1.54, 1.807) is 20.1 Å². The molecule has 1 aromatic rings. The Morgan fingerprint density at radius 3 is 2.78 bits per heavy atom. The first-order valence-corrected chi connectivity index (χ1v) is 5.99. The van der Waals surface area contributed by atoms with Crippen LogP contribution in [-0.2, 0) is 16.0 Å². The van der Waals surface area contributed by atoms with Crippen molar-refractivity contribution in [1.29, 1.82) is 0 Å². The molecule has 0 radical (unpaired) electrons. The second kappa shape index (κ2) is 6.24. The number of ether oxygens (including phenoxy) is 2. The monoisotopic (exact) mass is 248 g/mol. The maximum absolute atomic E-state index is 11.9. The van der Waals surface area contributed by atoms with Gasteiger partial charge in [0.1, 0.15) is 5.75 Å². The molecule has 0 aliphatic rings. The molecule has 18 heavy (non-hydrogen) atoms. The standard InChI is InChI=1S/C15H20O3/c1-5-15(3,14(16)18-6-2)11-12-8-7-9-13(10-12)17-4/h5,7-10H,1,6,11H2,2-4H3. The quantitative estimate of drug-likeness (QED) is 0.573. The predicted octanol–water partition coefficient (Wildman–Crippen LogP) is 2.99. The molecule has 0 fully saturated rings. The number of carbonyl (C=O) groups is 1. The van der Waals surface area contributed by atoms with Gasteiger partial charge in [-0.15, -0.1) is 6.58 Å². The number of hydrogen-bond acceptors (Lipinski definition) is 3. The van der Waals surface area contributed by atoms with Crippen molar-refractivity contribution in [2.24, 2.45) is 5.41 Å². The van der Waals surface area contributed by atoms with Gasteiger partial charge < -0.3 is 9.47 Å². The Morgan fingerprint density at radius 2 is 2.22 bits per heavy atom. The fourth-order valence-electron chi connectivity index (χ4n) is 1.73. The summed E-state index contributed by atoms with van der Waals surface area (Å²) in [5, 5.41) is 0. The van der Waals surface area contributed by atoms with Gasteiger partial charge in [0, 0.05) is 0 Å². The Kier molecular flexibility index (Phi) is 4.95. The van der Waals surface area contributed by atoms with E-state index in [0.29, 0.717) is 13.0 Å². The molecule has 0 saturated carbocycles. The molecule has 1 unspecified atom stereocenters. The highest BCUT2D eigenvalue weighted by Crippen LogP contribution is 2.27. The van der Waals surface area contributed by atoms with Crippen LogP contribution < -0.4 is 4.74 Å². The van der Waals surface area contributed by atoms with Gasteiger partial charge in [0.05, 0.1) is 19.1 Å². The van der Waals surface area contributed by atoms with Gasteiger partial charge in [-0.05, 0) is 38.0 Å². The maximum atomic E-state index is 11.9. The Morgan fingerprint density at radius 1 is 1.50 bits per heavy atom. The molecule has 98 valence electrons. The number of methoxy groups -OCH3 is 1. The second-order valence-electron chi connectivity index (χ2n) is 4.37. The zero-order valence-electron chi connectivity index (χ0n) is 11.2. The highest BCUT2D eigenvalue weighted by molar-refractivity contribution is 5.79. The van der Waals surface area contributed by atoms with Crippen molar-refractivity contribution in [3.63, 3.8) is 0 Å². The zero-order chi connectivity index (χ0) is 13.6. The molecular formula is C15H20O3. The van der Waals surface area contributed by atoms with Crippen molar-refractivity contribution >= 4 is 5.97 Å². The highest BCUT2D eigenvalue weighted by Gasteiger charge is 2.31. The smallest absolute Gasteiger partial charge is 0.315 e. The maximum Gasteiger partial charge on any atom is 0.315 e. The fourth-order valence-corrected chi connectivity index (χ4v) is 1.73. The lowest BCUT2D eigenvalue weighted by molar-refractivity contribution is -0.151. The first kappa shape index (κ1) is 14.3. The largest absolute Gasteiger partial charge is 0.497 e. The first-order chi connectivity index (χ1) is 8.55. The van der Waals surface area contributed by atoms with Crippen LogP contribution >= 0.6 is 0 Å². The molecule has 0 bridgehead atoms. The highest BCUT2D eigenvalue weighted by atomic mass is 16.5. The number of hydrogen-bond donors (Lipinski definition) is 0. The molecule has 0 aromatic heterocycles. The number of esters is 1. The van der Waals surface area contributed by atoms with E-state index in [-0.39, 0.29) is 5.97 Å². The van der Waals surface area contributed by atoms with E-state index in [9.17, 15) is 4.79 Å². The summed E-state index contributed by atoms with van der Waals surface area (Å²) in [6.45, 7) is 7.75. The summed E-state index contributed by atoms with van der Waals surface area (Å²) in [5.41, 5.74) is 0.312. The minimum atomic E-state index is -0.706. The Balaban J connectivity index is 2.90. The molecular weight excluding hydrogens is 228 g/mol. The van der Waals surface area contributed by atoms with Crippen LogP contribution in [0.2, 0.25) is 0 Å². The Labute approximate surface area is 108 Å². The number of benzene rings is 1. The molecule has 0 heterocycles. The average Bonchev–Trinajstić information content (AvgIpc) is 2.39. The minimum absolute atomic E-state index is 0.247. The van der Waals surface area contributed by atoms with Gasteiger partial charge in [0.2, 0.25) is 0 Å². The third-order valence-corrected chi connectivity index (χ3v) is 2.90. The van der Waals surface area contributed by atoms with Crippen LogP contribution in [0, 0.1) is 5.41 Å². The van der Waals surface area contributed by atoms with Crippen molar-refractivity contribution in [3.8, 4) is 5.75 Å². The third-order valence-electron chi connectivity index (χ3n) is 2.90. The lowest BCUT2D eigenvalue weighted by Gasteiger charge is -2.23. The van der Waals surface area contributed by atoms with Gasteiger partial charge in [0.25, 0.3) is 0 Å². The molecule has 0 spiro atoms. The lowest BCUT2D eigenvalue weighted by Crippen LogP contribution is -2.30. The number of rotatable bonds is 6. The average molecular weight is 248 g/mol. The summed E-state index contributed by atoms with van der Waals surface area (Å²) < 4.78 is 10.3. The van der Waals surface area contributed by atoms with Gasteiger partial charge in [0.15, 0.2) is 0 Å². The molecule has 0 aliphatic heterocycles. The predicted molar refractivity (Wildman–Crippen MR) is 71.6 cm³/mol. The summed E-state index contributed by atoms with van der Waals surface area (Å²) in [5.74, 6) is 0.533. The van der Waals surface area contributed by atoms with Gasteiger partial charge in [-0.3, -0.25) is 4.79 Å². The molecule has 0 aliphatic carbocycles. The Hall–Kier alpha value is -1.77. The van der Waals surface area contributed by atoms with Crippen LogP contribution in [0.25, 0.3) is 0 Å². The molecule has 3 heteroatoms. The van der Waals surface area contributed by atoms with Crippen LogP contribution in [0.4, 0.5) is 0 Å². The van der Waals surface area contributed by atoms with Crippen LogP contribution in [0.1, 0.15) is 19.4 Å². The molecule has 1 aromatic carbocycles. The van der Waals surface area contributed by atoms with Crippen molar-refractivity contribution in [1.82, 2.24) is 0 Å². The Bertz CT molecular complexity index is 426. The first-order valence-electron chi connectivity index (χ1n) is 5.99. The van der Waals surface area contributed by atoms with E-state index in [0.717, 1.165) is 11.3 Å². The summed E-state index contributed by atoms with van der Waals surface area (Å²) in [4.78, 5) is 11.9. The SMILES string of the molecule is C=CC(C)(Cc1cccc(OC)c1)C(=O)OCC. The van der Waals surface area contributed by atoms with Crippen LogP contribution in [0.3, 0.4) is 0 Å². The zero-order valence-corrected chi connectivity index (χ0v) is 11.2. The molecule has 1 rings (SSSR count). The van der Waals surface area contributed by atoms with Crippen molar-refractivity contribution in [2.75, 3.05) is 13.7 Å². The van der Waals surface area contributed by atoms with Crippen LogP contribution in [-0.4, -0.2) is 19.7 Å². The summed E-state index contributed by atoms with van der Waals surface area (Å²) in [6.07, 6.45) is 2.19. The molecule has 0 saturated heterocycles. The van der Waals surface area contributed by atoms with E-state index >= 15 is 0 Å². The van der Waals surface area contributed by atoms with E-state index < -0.39 is 5.41 Å². The van der Waals surface area contributed by atoms with Crippen LogP contribution in [0.5, 0.6) is 5.75 Å². The third kappa shape index (κ3) is 3.36. The molecule has 0 amide bonds. The van der Waals surface area contributed by atoms with E-state index in [1.807, 2.05) is 31.2 Å². The van der Waals surface area contributed by atoms with Gasteiger partial charge >= 0.3 is 5.97 Å². The molecule has 3 nitrogen and oxygen atoms in total. The second-order valence-corrected chi connectivity index (χ2v) is 4.37. The van der Waals surface area contributed by atoms with E-state index in [4.69, 9.17) is 9.47 Å². The minimum Gasteiger partial charge on any atom is -0.497 e. The molecule has 1 atom stereocenters. The van der Waals surface area contributed by atoms with Crippen molar-refractivity contribution in [3.05, 3.63) is 42.5 Å². The van der Waals surface area contributed by atoms with E-state index in [1.165, 1.54) is 0 Å². The molecule has 0 N–H and O–H groups in total. The fraction of sp³-hybridized carbons (Fsp3) is 0.400. The summed E-state index contributed by atoms with van der Waals surface area (Å²) in [7, 11) is 1.62. The van der Waals surface area contributed by atoms with Crippen LogP contribution in [0.15, 0.2) is 36.9 Å².